The topological polar surface area (TPSA) is 38.1 Å². The standard InChI is InChI=1S/C12H11N3O/c1-14-10-5-3-2-4-9(10)12-13-6-7-15(12)8-11(14)16/h2-7H,8H2,1H3. The molecule has 0 unspecified atom stereocenters. The number of carbonyl (C=O) groups excluding carboxylic acids is 1. The number of para-hydroxylation sites is 1. The molecule has 0 radical (unpaired) electrons. The van der Waals surface area contributed by atoms with Crippen LogP contribution in [0.1, 0.15) is 0 Å². The molecule has 1 aromatic heterocycles. The molecule has 0 saturated heterocycles. The zero-order chi connectivity index (χ0) is 11.1. The lowest BCUT2D eigenvalue weighted by Gasteiger charge is -2.16. The zero-order valence-corrected chi connectivity index (χ0v) is 8.92. The number of imidazole rings is 1. The van der Waals surface area contributed by atoms with Gasteiger partial charge in [-0.2, -0.15) is 0 Å². The second-order valence-corrected chi connectivity index (χ2v) is 3.85. The summed E-state index contributed by atoms with van der Waals surface area (Å²) in [5.74, 6) is 0.928. The summed E-state index contributed by atoms with van der Waals surface area (Å²) in [6.07, 6.45) is 3.56. The molecule has 4 heteroatoms. The van der Waals surface area contributed by atoms with E-state index in [9.17, 15) is 4.79 Å². The lowest BCUT2D eigenvalue weighted by atomic mass is 10.1. The Balaban J connectivity index is 2.32. The van der Waals surface area contributed by atoms with Crippen LogP contribution < -0.4 is 4.90 Å². The molecule has 1 amide bonds. The monoisotopic (exact) mass is 213 g/mol. The minimum atomic E-state index is 0.0733. The summed E-state index contributed by atoms with van der Waals surface area (Å²) in [7, 11) is 1.80. The van der Waals surface area contributed by atoms with Crippen LogP contribution in [0.5, 0.6) is 0 Å². The Kier molecular flexibility index (Phi) is 1.83. The summed E-state index contributed by atoms with van der Waals surface area (Å²) in [5, 5.41) is 0. The molecule has 1 aliphatic heterocycles. The Bertz CT molecular complexity index is 559. The van der Waals surface area contributed by atoms with Crippen LogP contribution >= 0.6 is 0 Å². The number of benzene rings is 1. The molecule has 0 N–H and O–H groups in total. The zero-order valence-electron chi connectivity index (χ0n) is 8.92. The Labute approximate surface area is 93.1 Å². The van der Waals surface area contributed by atoms with Gasteiger partial charge in [-0.3, -0.25) is 4.79 Å². The van der Waals surface area contributed by atoms with E-state index in [0.717, 1.165) is 17.1 Å². The van der Waals surface area contributed by atoms with Gasteiger partial charge in [0, 0.05) is 25.0 Å². The molecule has 0 fully saturated rings. The maximum Gasteiger partial charge on any atom is 0.246 e. The van der Waals surface area contributed by atoms with Gasteiger partial charge in [0.2, 0.25) is 5.91 Å². The van der Waals surface area contributed by atoms with E-state index >= 15 is 0 Å². The van der Waals surface area contributed by atoms with Crippen molar-refractivity contribution in [3.63, 3.8) is 0 Å². The molecule has 80 valence electrons. The molecule has 0 spiro atoms. The normalized spacial score (nSPS) is 14.3. The summed E-state index contributed by atoms with van der Waals surface area (Å²) in [4.78, 5) is 17.9. The second-order valence-electron chi connectivity index (χ2n) is 3.85. The van der Waals surface area contributed by atoms with Crippen LogP contribution in [0.2, 0.25) is 0 Å². The number of likely N-dealkylation sites (N-methyl/N-ethyl adjacent to an activating group) is 1. The fourth-order valence-corrected chi connectivity index (χ4v) is 2.02. The second kappa shape index (κ2) is 3.20. The van der Waals surface area contributed by atoms with Crippen molar-refractivity contribution in [2.45, 2.75) is 6.54 Å². The SMILES string of the molecule is CN1C(=O)Cn2ccnc2-c2ccccc21. The third kappa shape index (κ3) is 1.16. The van der Waals surface area contributed by atoms with Crippen LogP contribution in [0.15, 0.2) is 36.7 Å². The van der Waals surface area contributed by atoms with Gasteiger partial charge < -0.3 is 9.47 Å². The summed E-state index contributed by atoms with van der Waals surface area (Å²) in [6, 6.07) is 7.82. The number of hydrogen-bond acceptors (Lipinski definition) is 2. The average molecular weight is 213 g/mol. The highest BCUT2D eigenvalue weighted by atomic mass is 16.2. The summed E-state index contributed by atoms with van der Waals surface area (Å²) in [6.45, 7) is 0.348. The smallest absolute Gasteiger partial charge is 0.246 e. The number of rotatable bonds is 0. The van der Waals surface area contributed by atoms with E-state index in [1.165, 1.54) is 0 Å². The first-order valence-corrected chi connectivity index (χ1v) is 5.14. The van der Waals surface area contributed by atoms with Gasteiger partial charge in [0.05, 0.1) is 5.69 Å². The van der Waals surface area contributed by atoms with E-state index in [1.807, 2.05) is 35.0 Å². The van der Waals surface area contributed by atoms with Crippen molar-refractivity contribution in [3.05, 3.63) is 36.7 Å². The fraction of sp³-hybridized carbons (Fsp3) is 0.167. The van der Waals surface area contributed by atoms with Crippen molar-refractivity contribution in [2.24, 2.45) is 0 Å². The Morgan fingerprint density at radius 3 is 3.00 bits per heavy atom. The van der Waals surface area contributed by atoms with Gasteiger partial charge in [0.25, 0.3) is 0 Å². The van der Waals surface area contributed by atoms with Crippen molar-refractivity contribution < 1.29 is 4.79 Å². The van der Waals surface area contributed by atoms with Crippen LogP contribution in [0.4, 0.5) is 5.69 Å². The molecule has 0 aliphatic carbocycles. The molecule has 1 aromatic carbocycles. The van der Waals surface area contributed by atoms with Gasteiger partial charge >= 0.3 is 0 Å². The number of anilines is 1. The number of amides is 1. The maximum atomic E-state index is 11.9. The average Bonchev–Trinajstić information content (AvgIpc) is 2.72. The number of nitrogens with zero attached hydrogens (tertiary/aromatic N) is 3. The number of hydrogen-bond donors (Lipinski definition) is 0. The highest BCUT2D eigenvalue weighted by molar-refractivity contribution is 5.98. The molecule has 3 rings (SSSR count). The highest BCUT2D eigenvalue weighted by Gasteiger charge is 2.22. The minimum absolute atomic E-state index is 0.0733. The third-order valence-electron chi connectivity index (χ3n) is 2.90. The molecule has 1 aliphatic rings. The van der Waals surface area contributed by atoms with Crippen molar-refractivity contribution in [1.82, 2.24) is 9.55 Å². The molecule has 2 aromatic rings. The summed E-state index contributed by atoms with van der Waals surface area (Å²) in [5.41, 5.74) is 1.92. The van der Waals surface area contributed by atoms with Crippen LogP contribution in [-0.2, 0) is 11.3 Å². The Morgan fingerprint density at radius 2 is 2.12 bits per heavy atom. The van der Waals surface area contributed by atoms with E-state index < -0.39 is 0 Å². The quantitative estimate of drug-likeness (QED) is 0.665. The van der Waals surface area contributed by atoms with Crippen LogP contribution in [0.25, 0.3) is 11.4 Å². The molecular weight excluding hydrogens is 202 g/mol. The lowest BCUT2D eigenvalue weighted by molar-refractivity contribution is -0.118. The number of carbonyl (C=O) groups is 1. The van der Waals surface area contributed by atoms with Crippen molar-refractivity contribution in [1.29, 1.82) is 0 Å². The van der Waals surface area contributed by atoms with Gasteiger partial charge in [0.1, 0.15) is 12.4 Å². The maximum absolute atomic E-state index is 11.9. The number of aromatic nitrogens is 2. The number of fused-ring (bicyclic) bond motifs is 3. The molecule has 0 atom stereocenters. The third-order valence-corrected chi connectivity index (χ3v) is 2.90. The van der Waals surface area contributed by atoms with Gasteiger partial charge in [-0.15, -0.1) is 0 Å². The minimum Gasteiger partial charge on any atom is -0.321 e. The van der Waals surface area contributed by atoms with Crippen molar-refractivity contribution in [3.8, 4) is 11.4 Å². The molecule has 0 saturated carbocycles. The summed E-state index contributed by atoms with van der Waals surface area (Å²) >= 11 is 0. The van der Waals surface area contributed by atoms with E-state index in [2.05, 4.69) is 4.98 Å². The van der Waals surface area contributed by atoms with Crippen molar-refractivity contribution in [2.75, 3.05) is 11.9 Å². The first-order chi connectivity index (χ1) is 7.77. The van der Waals surface area contributed by atoms with Crippen LogP contribution in [0, 0.1) is 0 Å². The first kappa shape index (κ1) is 9.15. The van der Waals surface area contributed by atoms with E-state index in [-0.39, 0.29) is 5.91 Å². The first-order valence-electron chi connectivity index (χ1n) is 5.14. The Hall–Kier alpha value is -2.10. The molecular formula is C12H11N3O. The summed E-state index contributed by atoms with van der Waals surface area (Å²) < 4.78 is 1.88. The van der Waals surface area contributed by atoms with Crippen molar-refractivity contribution >= 4 is 11.6 Å². The Morgan fingerprint density at radius 1 is 1.31 bits per heavy atom. The predicted molar refractivity (Wildman–Crippen MR) is 61.1 cm³/mol. The van der Waals surface area contributed by atoms with Gasteiger partial charge in [-0.05, 0) is 12.1 Å². The van der Waals surface area contributed by atoms with Gasteiger partial charge in [-0.25, -0.2) is 4.98 Å². The predicted octanol–water partition coefficient (Wildman–Crippen LogP) is 1.53. The molecule has 16 heavy (non-hydrogen) atoms. The highest BCUT2D eigenvalue weighted by Crippen LogP contribution is 2.31. The molecule has 2 heterocycles. The fourth-order valence-electron chi connectivity index (χ4n) is 2.02. The van der Waals surface area contributed by atoms with Gasteiger partial charge in [0.15, 0.2) is 0 Å². The van der Waals surface area contributed by atoms with Gasteiger partial charge in [-0.1, -0.05) is 12.1 Å². The molecule has 0 bridgehead atoms. The lowest BCUT2D eigenvalue weighted by Crippen LogP contribution is -2.28. The largest absolute Gasteiger partial charge is 0.321 e. The molecule has 4 nitrogen and oxygen atoms in total. The van der Waals surface area contributed by atoms with E-state index in [0.29, 0.717) is 6.54 Å². The van der Waals surface area contributed by atoms with Crippen LogP contribution in [-0.4, -0.2) is 22.5 Å². The van der Waals surface area contributed by atoms with E-state index in [4.69, 9.17) is 0 Å². The van der Waals surface area contributed by atoms with E-state index in [1.54, 1.807) is 18.1 Å². The van der Waals surface area contributed by atoms with Crippen LogP contribution in [0.3, 0.4) is 0 Å².